The molecule has 1 rings (SSSR count). The molecule has 0 fully saturated rings. The number of hydrogen-bond donors (Lipinski definition) is 1. The largest absolute Gasteiger partial charge is 0.488 e. The van der Waals surface area contributed by atoms with Crippen molar-refractivity contribution < 1.29 is 10.5 Å². The van der Waals surface area contributed by atoms with Gasteiger partial charge in [0.15, 0.2) is 0 Å². The minimum Gasteiger partial charge on any atom is -0.488 e. The molecule has 2 nitrogen and oxygen atoms in total. The van der Waals surface area contributed by atoms with Crippen molar-refractivity contribution in [2.75, 3.05) is 13.2 Å². The molecule has 0 spiro atoms. The Balaban J connectivity index is 2.72. The van der Waals surface area contributed by atoms with Crippen LogP contribution in [0, 0.1) is 0 Å². The van der Waals surface area contributed by atoms with Crippen LogP contribution in [0.25, 0.3) is 0 Å². The van der Waals surface area contributed by atoms with Crippen LogP contribution < -0.4 is 10.5 Å². The molecule has 84 valence electrons. The van der Waals surface area contributed by atoms with E-state index < -0.39 is 0 Å². The van der Waals surface area contributed by atoms with Gasteiger partial charge in [-0.25, -0.2) is 0 Å². The molecular weight excluding hydrogens is 186 g/mol. The molecule has 0 aromatic heterocycles. The Kier molecular flexibility index (Phi) is 4.15. The van der Waals surface area contributed by atoms with Crippen LogP contribution in [0.2, 0.25) is 0 Å². The maximum absolute atomic E-state index is 5.49. The van der Waals surface area contributed by atoms with E-state index in [-0.39, 0.29) is 5.41 Å². The van der Waals surface area contributed by atoms with Gasteiger partial charge in [0.25, 0.3) is 0 Å². The number of quaternary nitrogens is 1. The summed E-state index contributed by atoms with van der Waals surface area (Å²) < 4.78 is 5.49. The average molecular weight is 208 g/mol. The summed E-state index contributed by atoms with van der Waals surface area (Å²) in [5, 5.41) is 0. The second-order valence-corrected chi connectivity index (χ2v) is 4.46. The molecule has 0 radical (unpaired) electrons. The first-order chi connectivity index (χ1) is 7.10. The van der Waals surface area contributed by atoms with Crippen molar-refractivity contribution in [3.05, 3.63) is 29.8 Å². The van der Waals surface area contributed by atoms with Gasteiger partial charge >= 0.3 is 0 Å². The van der Waals surface area contributed by atoms with Gasteiger partial charge in [-0.05, 0) is 29.5 Å². The van der Waals surface area contributed by atoms with Crippen molar-refractivity contribution in [3.8, 4) is 5.75 Å². The Bertz CT molecular complexity index is 290. The predicted molar refractivity (Wildman–Crippen MR) is 63.0 cm³/mol. The van der Waals surface area contributed by atoms with E-state index in [1.807, 2.05) is 12.1 Å². The highest BCUT2D eigenvalue weighted by atomic mass is 16.5. The summed E-state index contributed by atoms with van der Waals surface area (Å²) >= 11 is 0. The van der Waals surface area contributed by atoms with Gasteiger partial charge in [0.1, 0.15) is 18.9 Å². The van der Waals surface area contributed by atoms with Crippen molar-refractivity contribution in [1.29, 1.82) is 0 Å². The van der Waals surface area contributed by atoms with Gasteiger partial charge in [-0.15, -0.1) is 0 Å². The molecule has 3 N–H and O–H groups in total. The molecule has 0 aliphatic carbocycles. The minimum absolute atomic E-state index is 0.255. The molecule has 0 heterocycles. The molecule has 2 heteroatoms. The lowest BCUT2D eigenvalue weighted by Gasteiger charge is -2.23. The SMILES string of the molecule is CCC(C)(C)c1ccc(OCC[NH3+])cc1. The summed E-state index contributed by atoms with van der Waals surface area (Å²) in [6.07, 6.45) is 1.14. The zero-order chi connectivity index (χ0) is 11.3. The van der Waals surface area contributed by atoms with Crippen LogP contribution in [0.15, 0.2) is 24.3 Å². The quantitative estimate of drug-likeness (QED) is 0.789. The molecule has 0 aliphatic heterocycles. The summed E-state index contributed by atoms with van der Waals surface area (Å²) in [6, 6.07) is 8.40. The predicted octanol–water partition coefficient (Wildman–Crippen LogP) is 1.99. The Hall–Kier alpha value is -1.02. The molecule has 1 aromatic rings. The monoisotopic (exact) mass is 208 g/mol. The number of rotatable bonds is 5. The Morgan fingerprint density at radius 2 is 1.80 bits per heavy atom. The van der Waals surface area contributed by atoms with Gasteiger partial charge in [0, 0.05) is 0 Å². The normalized spacial score (nSPS) is 11.5. The van der Waals surface area contributed by atoms with Gasteiger partial charge in [-0.2, -0.15) is 0 Å². The van der Waals surface area contributed by atoms with E-state index in [0.29, 0.717) is 6.61 Å². The number of hydrogen-bond acceptors (Lipinski definition) is 1. The highest BCUT2D eigenvalue weighted by molar-refractivity contribution is 5.31. The Labute approximate surface area is 92.4 Å². The van der Waals surface area contributed by atoms with Gasteiger partial charge in [0.2, 0.25) is 0 Å². The number of benzene rings is 1. The van der Waals surface area contributed by atoms with Gasteiger partial charge < -0.3 is 10.5 Å². The van der Waals surface area contributed by atoms with Crippen LogP contribution in [0.3, 0.4) is 0 Å². The van der Waals surface area contributed by atoms with Gasteiger partial charge in [-0.1, -0.05) is 32.9 Å². The van der Waals surface area contributed by atoms with E-state index in [2.05, 4.69) is 38.6 Å². The third-order valence-electron chi connectivity index (χ3n) is 2.93. The molecule has 0 amide bonds. The van der Waals surface area contributed by atoms with Crippen molar-refractivity contribution >= 4 is 0 Å². The van der Waals surface area contributed by atoms with E-state index in [9.17, 15) is 0 Å². The van der Waals surface area contributed by atoms with Crippen molar-refractivity contribution in [3.63, 3.8) is 0 Å². The summed E-state index contributed by atoms with van der Waals surface area (Å²) in [5.41, 5.74) is 5.37. The molecule has 0 saturated heterocycles. The zero-order valence-electron chi connectivity index (χ0n) is 10.0. The van der Waals surface area contributed by atoms with E-state index >= 15 is 0 Å². The van der Waals surface area contributed by atoms with E-state index in [1.54, 1.807) is 0 Å². The number of ether oxygens (including phenoxy) is 1. The highest BCUT2D eigenvalue weighted by Crippen LogP contribution is 2.27. The van der Waals surface area contributed by atoms with Gasteiger partial charge in [0.05, 0.1) is 0 Å². The fraction of sp³-hybridized carbons (Fsp3) is 0.538. The summed E-state index contributed by atoms with van der Waals surface area (Å²) in [5.74, 6) is 0.939. The van der Waals surface area contributed by atoms with Crippen molar-refractivity contribution in [1.82, 2.24) is 0 Å². The van der Waals surface area contributed by atoms with Crippen LogP contribution >= 0.6 is 0 Å². The smallest absolute Gasteiger partial charge is 0.137 e. The third kappa shape index (κ3) is 3.24. The summed E-state index contributed by atoms with van der Waals surface area (Å²) in [4.78, 5) is 0. The topological polar surface area (TPSA) is 36.9 Å². The van der Waals surface area contributed by atoms with Crippen LogP contribution in [-0.4, -0.2) is 13.2 Å². The second-order valence-electron chi connectivity index (χ2n) is 4.46. The first-order valence-electron chi connectivity index (χ1n) is 5.62. The zero-order valence-corrected chi connectivity index (χ0v) is 10.0. The van der Waals surface area contributed by atoms with Crippen molar-refractivity contribution in [2.24, 2.45) is 0 Å². The molecule has 1 aromatic carbocycles. The average Bonchev–Trinajstić information content (AvgIpc) is 2.27. The molecule has 0 atom stereocenters. The molecular formula is C13H22NO+. The first kappa shape index (κ1) is 12.1. The molecule has 0 aliphatic rings. The van der Waals surface area contributed by atoms with Gasteiger partial charge in [-0.3, -0.25) is 0 Å². The fourth-order valence-electron chi connectivity index (χ4n) is 1.40. The lowest BCUT2D eigenvalue weighted by Crippen LogP contribution is -2.52. The second kappa shape index (κ2) is 5.17. The summed E-state index contributed by atoms with van der Waals surface area (Å²) in [7, 11) is 0. The Morgan fingerprint density at radius 1 is 1.20 bits per heavy atom. The molecule has 15 heavy (non-hydrogen) atoms. The van der Waals surface area contributed by atoms with E-state index in [1.165, 1.54) is 5.56 Å². The first-order valence-corrected chi connectivity index (χ1v) is 5.62. The van der Waals surface area contributed by atoms with E-state index in [0.717, 1.165) is 18.7 Å². The van der Waals surface area contributed by atoms with Crippen LogP contribution in [0.1, 0.15) is 32.8 Å². The maximum Gasteiger partial charge on any atom is 0.137 e. The van der Waals surface area contributed by atoms with Crippen molar-refractivity contribution in [2.45, 2.75) is 32.6 Å². The highest BCUT2D eigenvalue weighted by Gasteiger charge is 2.17. The van der Waals surface area contributed by atoms with Crippen LogP contribution in [0.4, 0.5) is 0 Å². The lowest BCUT2D eigenvalue weighted by molar-refractivity contribution is -0.370. The fourth-order valence-corrected chi connectivity index (χ4v) is 1.40. The Morgan fingerprint density at radius 3 is 2.27 bits per heavy atom. The molecule has 0 bridgehead atoms. The standard InChI is InChI=1S/C13H21NO/c1-4-13(2,3)11-5-7-12(8-6-11)15-10-9-14/h5-8H,4,9-10,14H2,1-3H3/p+1. The summed E-state index contributed by atoms with van der Waals surface area (Å²) in [6.45, 7) is 8.24. The third-order valence-corrected chi connectivity index (χ3v) is 2.93. The lowest BCUT2D eigenvalue weighted by atomic mass is 9.82. The molecule has 0 unspecified atom stereocenters. The van der Waals surface area contributed by atoms with Crippen LogP contribution in [0.5, 0.6) is 5.75 Å². The minimum atomic E-state index is 0.255. The van der Waals surface area contributed by atoms with Crippen LogP contribution in [-0.2, 0) is 5.41 Å². The molecule has 0 saturated carbocycles. The maximum atomic E-state index is 5.49. The van der Waals surface area contributed by atoms with E-state index in [4.69, 9.17) is 4.74 Å².